The van der Waals surface area contributed by atoms with E-state index in [0.29, 0.717) is 31.0 Å². The minimum atomic E-state index is -3.66. The fourth-order valence-electron chi connectivity index (χ4n) is 3.09. The van der Waals surface area contributed by atoms with E-state index < -0.39 is 15.9 Å². The number of ether oxygens (including phenoxy) is 2. The van der Waals surface area contributed by atoms with E-state index in [9.17, 15) is 13.2 Å². The van der Waals surface area contributed by atoms with Crippen molar-refractivity contribution in [1.29, 1.82) is 0 Å². The first-order chi connectivity index (χ1) is 12.4. The maximum Gasteiger partial charge on any atom is 0.258 e. The summed E-state index contributed by atoms with van der Waals surface area (Å²) in [5.74, 6) is 0.786. The van der Waals surface area contributed by atoms with Gasteiger partial charge < -0.3 is 15.2 Å². The number of carbonyl (C=O) groups is 1. The third-order valence-electron chi connectivity index (χ3n) is 4.48. The Balaban J connectivity index is 1.85. The van der Waals surface area contributed by atoms with Gasteiger partial charge in [0.25, 0.3) is 5.91 Å². The molecule has 0 radical (unpaired) electrons. The molecule has 1 aromatic carbocycles. The van der Waals surface area contributed by atoms with Crippen LogP contribution in [0.2, 0.25) is 0 Å². The maximum atomic E-state index is 12.8. The molecule has 0 bridgehead atoms. The molecular weight excluding hydrogens is 376 g/mol. The number of benzene rings is 1. The van der Waals surface area contributed by atoms with Crippen molar-refractivity contribution in [3.05, 3.63) is 40.1 Å². The molecule has 1 aliphatic rings. The molecule has 1 unspecified atom stereocenters. The van der Waals surface area contributed by atoms with Crippen molar-refractivity contribution in [2.24, 2.45) is 5.73 Å². The summed E-state index contributed by atoms with van der Waals surface area (Å²) in [7, 11) is -0.488. The van der Waals surface area contributed by atoms with Crippen LogP contribution < -0.4 is 15.2 Å². The molecule has 1 aliphatic heterocycles. The number of rotatable bonds is 6. The molecule has 1 saturated heterocycles. The van der Waals surface area contributed by atoms with Crippen molar-refractivity contribution in [2.75, 3.05) is 27.3 Å². The predicted molar refractivity (Wildman–Crippen MR) is 98.5 cm³/mol. The summed E-state index contributed by atoms with van der Waals surface area (Å²) in [6.45, 7) is 0.739. The van der Waals surface area contributed by atoms with Crippen molar-refractivity contribution < 1.29 is 22.7 Å². The zero-order valence-electron chi connectivity index (χ0n) is 14.5. The number of carbonyl (C=O) groups excluding carboxylic acids is 1. The van der Waals surface area contributed by atoms with E-state index in [1.807, 2.05) is 18.2 Å². The van der Waals surface area contributed by atoms with Gasteiger partial charge in [-0.05, 0) is 30.7 Å². The highest BCUT2D eigenvalue weighted by Crippen LogP contribution is 2.38. The van der Waals surface area contributed by atoms with E-state index >= 15 is 0 Å². The van der Waals surface area contributed by atoms with Gasteiger partial charge in [-0.15, -0.1) is 11.3 Å². The van der Waals surface area contributed by atoms with E-state index in [2.05, 4.69) is 0 Å². The number of nitrogens with zero attached hydrogens (tertiary/aromatic N) is 1. The van der Waals surface area contributed by atoms with Crippen LogP contribution in [0.3, 0.4) is 0 Å². The van der Waals surface area contributed by atoms with Gasteiger partial charge >= 0.3 is 0 Å². The topological polar surface area (TPSA) is 98.9 Å². The second-order valence-corrected chi connectivity index (χ2v) is 8.82. The van der Waals surface area contributed by atoms with Crippen LogP contribution >= 0.6 is 11.3 Å². The second kappa shape index (κ2) is 7.26. The van der Waals surface area contributed by atoms with Crippen LogP contribution in [-0.2, 0) is 10.0 Å². The van der Waals surface area contributed by atoms with Crippen molar-refractivity contribution in [3.63, 3.8) is 0 Å². The van der Waals surface area contributed by atoms with E-state index in [1.165, 1.54) is 15.8 Å². The number of primary amides is 1. The Bertz CT molecular complexity index is 923. The lowest BCUT2D eigenvalue weighted by Gasteiger charge is -2.18. The maximum absolute atomic E-state index is 12.8. The fraction of sp³-hybridized carbons (Fsp3) is 0.353. The standard InChI is InChI=1S/C17H20N2O5S2/c1-23-12-3-4-15(24-2)14(7-12)11-5-6-19(9-11)26(21,22)13-8-16(17(18)20)25-10-13/h3-4,7-8,10-11H,5-6,9H2,1-2H3,(H2,18,20). The minimum absolute atomic E-state index is 0.00377. The molecule has 1 amide bonds. The van der Waals surface area contributed by atoms with Gasteiger partial charge in [0.2, 0.25) is 10.0 Å². The largest absolute Gasteiger partial charge is 0.497 e. The molecule has 26 heavy (non-hydrogen) atoms. The van der Waals surface area contributed by atoms with Crippen molar-refractivity contribution in [2.45, 2.75) is 17.2 Å². The Morgan fingerprint density at radius 3 is 2.65 bits per heavy atom. The van der Waals surface area contributed by atoms with Gasteiger partial charge in [-0.2, -0.15) is 4.31 Å². The van der Waals surface area contributed by atoms with E-state index in [4.69, 9.17) is 15.2 Å². The number of sulfonamides is 1. The predicted octanol–water partition coefficient (Wildman–Crippen LogP) is 2.04. The third-order valence-corrected chi connectivity index (χ3v) is 7.42. The average molecular weight is 396 g/mol. The summed E-state index contributed by atoms with van der Waals surface area (Å²) in [4.78, 5) is 11.6. The van der Waals surface area contributed by atoms with Gasteiger partial charge in [0.1, 0.15) is 11.5 Å². The SMILES string of the molecule is COc1ccc(OC)c(C2CCN(S(=O)(=O)c3csc(C(N)=O)c3)C2)c1. The molecule has 2 heterocycles. The van der Waals surface area contributed by atoms with Gasteiger partial charge in [0.15, 0.2) is 0 Å². The van der Waals surface area contributed by atoms with Crippen LogP contribution in [0.5, 0.6) is 11.5 Å². The highest BCUT2D eigenvalue weighted by Gasteiger charge is 2.35. The lowest BCUT2D eigenvalue weighted by atomic mass is 9.97. The zero-order valence-corrected chi connectivity index (χ0v) is 16.1. The molecule has 0 spiro atoms. The molecular formula is C17H20N2O5S2. The lowest BCUT2D eigenvalue weighted by Crippen LogP contribution is -2.28. The highest BCUT2D eigenvalue weighted by atomic mass is 32.2. The number of thiophene rings is 1. The molecule has 2 N–H and O–H groups in total. The number of methoxy groups -OCH3 is 2. The summed E-state index contributed by atoms with van der Waals surface area (Å²) in [5.41, 5.74) is 6.14. The van der Waals surface area contributed by atoms with Crippen LogP contribution in [0.15, 0.2) is 34.5 Å². The molecule has 9 heteroatoms. The summed E-state index contributed by atoms with van der Waals surface area (Å²) in [5, 5.41) is 1.45. The number of hydrogen-bond acceptors (Lipinski definition) is 6. The van der Waals surface area contributed by atoms with Crippen LogP contribution in [0, 0.1) is 0 Å². The smallest absolute Gasteiger partial charge is 0.258 e. The van der Waals surface area contributed by atoms with Crippen LogP contribution in [0.4, 0.5) is 0 Å². The first-order valence-corrected chi connectivity index (χ1v) is 10.3. The van der Waals surface area contributed by atoms with E-state index in [-0.39, 0.29) is 15.7 Å². The lowest BCUT2D eigenvalue weighted by molar-refractivity contribution is 0.100. The molecule has 140 valence electrons. The number of hydrogen-bond donors (Lipinski definition) is 1. The monoisotopic (exact) mass is 396 g/mol. The normalized spacial score (nSPS) is 18.0. The Morgan fingerprint density at radius 1 is 1.27 bits per heavy atom. The summed E-state index contributed by atoms with van der Waals surface area (Å²) in [6.07, 6.45) is 0.676. The van der Waals surface area contributed by atoms with Crippen molar-refractivity contribution in [3.8, 4) is 11.5 Å². The zero-order chi connectivity index (χ0) is 18.9. The average Bonchev–Trinajstić information content (AvgIpc) is 3.31. The van der Waals surface area contributed by atoms with Gasteiger partial charge in [0, 0.05) is 30.0 Å². The van der Waals surface area contributed by atoms with E-state index in [0.717, 1.165) is 16.9 Å². The Morgan fingerprint density at radius 2 is 2.04 bits per heavy atom. The second-order valence-electron chi connectivity index (χ2n) is 5.97. The fourth-order valence-corrected chi connectivity index (χ4v) is 5.71. The molecule has 1 atom stereocenters. The summed E-state index contributed by atoms with van der Waals surface area (Å²) >= 11 is 1.03. The summed E-state index contributed by atoms with van der Waals surface area (Å²) in [6, 6.07) is 6.85. The van der Waals surface area contributed by atoms with Gasteiger partial charge in [-0.1, -0.05) is 0 Å². The van der Waals surface area contributed by atoms with Crippen LogP contribution in [0.25, 0.3) is 0 Å². The molecule has 1 fully saturated rings. The quantitative estimate of drug-likeness (QED) is 0.806. The first kappa shape index (κ1) is 18.7. The van der Waals surface area contributed by atoms with E-state index in [1.54, 1.807) is 14.2 Å². The molecule has 2 aromatic rings. The number of amides is 1. The van der Waals surface area contributed by atoms with Crippen molar-refractivity contribution >= 4 is 27.3 Å². The van der Waals surface area contributed by atoms with Crippen LogP contribution in [-0.4, -0.2) is 45.9 Å². The molecule has 1 aromatic heterocycles. The summed E-state index contributed by atoms with van der Waals surface area (Å²) < 4.78 is 37.8. The third kappa shape index (κ3) is 3.42. The number of nitrogens with two attached hydrogens (primary N) is 1. The Labute approximate surface area is 156 Å². The Hall–Kier alpha value is -2.10. The van der Waals surface area contributed by atoms with Gasteiger partial charge in [-0.3, -0.25) is 4.79 Å². The Kier molecular flexibility index (Phi) is 5.22. The molecule has 7 nitrogen and oxygen atoms in total. The minimum Gasteiger partial charge on any atom is -0.497 e. The molecule has 3 rings (SSSR count). The van der Waals surface area contributed by atoms with Gasteiger partial charge in [-0.25, -0.2) is 8.42 Å². The molecule has 0 saturated carbocycles. The van der Waals surface area contributed by atoms with Crippen molar-refractivity contribution in [1.82, 2.24) is 4.31 Å². The van der Waals surface area contributed by atoms with Crippen LogP contribution in [0.1, 0.15) is 27.6 Å². The molecule has 0 aliphatic carbocycles. The highest BCUT2D eigenvalue weighted by molar-refractivity contribution is 7.89. The van der Waals surface area contributed by atoms with Gasteiger partial charge in [0.05, 0.1) is 24.0 Å². The first-order valence-electron chi connectivity index (χ1n) is 7.97.